The van der Waals surface area contributed by atoms with Gasteiger partial charge in [-0.15, -0.1) is 0 Å². The van der Waals surface area contributed by atoms with Crippen LogP contribution in [0.15, 0.2) is 0 Å². The first-order valence-corrected chi connectivity index (χ1v) is 6.42. The molecule has 3 unspecified atom stereocenters. The molecule has 0 amide bonds. The molecule has 3 saturated heterocycles. The van der Waals surface area contributed by atoms with Gasteiger partial charge in [0.1, 0.15) is 5.60 Å². The van der Waals surface area contributed by atoms with E-state index in [-0.39, 0.29) is 5.60 Å². The topological polar surface area (TPSA) is 39.7 Å². The van der Waals surface area contributed by atoms with Gasteiger partial charge in [-0.1, -0.05) is 0 Å². The van der Waals surface area contributed by atoms with E-state index in [0.29, 0.717) is 12.0 Å². The van der Waals surface area contributed by atoms with Gasteiger partial charge < -0.3 is 19.5 Å². The lowest BCUT2D eigenvalue weighted by Gasteiger charge is -2.41. The summed E-state index contributed by atoms with van der Waals surface area (Å²) in [5.41, 5.74) is -0.0408. The third-order valence-electron chi connectivity index (χ3n) is 4.13. The minimum atomic E-state index is -0.0408. The van der Waals surface area contributed by atoms with Crippen LogP contribution in [0.5, 0.6) is 0 Å². The Morgan fingerprint density at radius 1 is 1.19 bits per heavy atom. The van der Waals surface area contributed by atoms with Crippen molar-refractivity contribution >= 4 is 0 Å². The molecular weight excluding hydrogens is 206 g/mol. The Morgan fingerprint density at radius 3 is 2.94 bits per heavy atom. The van der Waals surface area contributed by atoms with Crippen molar-refractivity contribution in [3.63, 3.8) is 0 Å². The molecule has 3 aliphatic rings. The fraction of sp³-hybridized carbons (Fsp3) is 1.00. The van der Waals surface area contributed by atoms with Crippen LogP contribution in [0, 0.1) is 5.92 Å². The van der Waals surface area contributed by atoms with Crippen molar-refractivity contribution in [3.05, 3.63) is 0 Å². The van der Waals surface area contributed by atoms with E-state index in [2.05, 4.69) is 5.32 Å². The van der Waals surface area contributed by atoms with Crippen molar-refractivity contribution in [2.24, 2.45) is 5.92 Å². The highest BCUT2D eigenvalue weighted by atomic mass is 16.6. The van der Waals surface area contributed by atoms with Crippen LogP contribution in [-0.2, 0) is 14.2 Å². The zero-order valence-electron chi connectivity index (χ0n) is 9.74. The van der Waals surface area contributed by atoms with Gasteiger partial charge in [-0.3, -0.25) is 0 Å². The van der Waals surface area contributed by atoms with Gasteiger partial charge in [0.15, 0.2) is 0 Å². The highest BCUT2D eigenvalue weighted by Gasteiger charge is 2.46. The van der Waals surface area contributed by atoms with Crippen LogP contribution in [0.2, 0.25) is 0 Å². The second kappa shape index (κ2) is 4.61. The minimum Gasteiger partial charge on any atom is -0.381 e. The molecule has 0 bridgehead atoms. The van der Waals surface area contributed by atoms with Gasteiger partial charge >= 0.3 is 0 Å². The molecule has 0 aliphatic carbocycles. The summed E-state index contributed by atoms with van der Waals surface area (Å²) >= 11 is 0. The molecule has 0 saturated carbocycles. The average Bonchev–Trinajstić information content (AvgIpc) is 2.94. The predicted molar refractivity (Wildman–Crippen MR) is 59.5 cm³/mol. The van der Waals surface area contributed by atoms with Crippen molar-refractivity contribution in [1.82, 2.24) is 5.32 Å². The maximum atomic E-state index is 6.02. The van der Waals surface area contributed by atoms with Crippen LogP contribution in [0.4, 0.5) is 0 Å². The predicted octanol–water partition coefficient (Wildman–Crippen LogP) is 0.561. The summed E-state index contributed by atoms with van der Waals surface area (Å²) in [5.74, 6) is 0.705. The lowest BCUT2D eigenvalue weighted by molar-refractivity contribution is -0.102. The maximum Gasteiger partial charge on any atom is 0.109 e. The van der Waals surface area contributed by atoms with Gasteiger partial charge in [-0.05, 0) is 18.8 Å². The molecule has 4 heteroatoms. The molecule has 1 spiro atoms. The molecule has 3 atom stereocenters. The summed E-state index contributed by atoms with van der Waals surface area (Å²) in [6, 6.07) is 0.454. The van der Waals surface area contributed by atoms with E-state index < -0.39 is 0 Å². The van der Waals surface area contributed by atoms with Crippen LogP contribution < -0.4 is 5.32 Å². The van der Waals surface area contributed by atoms with Crippen molar-refractivity contribution < 1.29 is 14.2 Å². The second-order valence-corrected chi connectivity index (χ2v) is 5.19. The largest absolute Gasteiger partial charge is 0.381 e. The molecular formula is C12H21NO3. The van der Waals surface area contributed by atoms with Gasteiger partial charge in [0.25, 0.3) is 0 Å². The Labute approximate surface area is 96.6 Å². The molecule has 0 aromatic rings. The van der Waals surface area contributed by atoms with Gasteiger partial charge in [-0.2, -0.15) is 0 Å². The van der Waals surface area contributed by atoms with E-state index in [1.165, 1.54) is 12.8 Å². The van der Waals surface area contributed by atoms with Crippen molar-refractivity contribution in [2.75, 3.05) is 39.6 Å². The SMILES string of the molecule is C1COC2(CCOC2)C(CC2CCOC2)N1. The van der Waals surface area contributed by atoms with Gasteiger partial charge in [-0.25, -0.2) is 0 Å². The molecule has 0 radical (unpaired) electrons. The van der Waals surface area contributed by atoms with E-state index >= 15 is 0 Å². The van der Waals surface area contributed by atoms with Crippen LogP contribution in [0.25, 0.3) is 0 Å². The lowest BCUT2D eigenvalue weighted by Crippen LogP contribution is -2.59. The van der Waals surface area contributed by atoms with Crippen molar-refractivity contribution in [2.45, 2.75) is 30.9 Å². The fourth-order valence-electron chi connectivity index (χ4n) is 3.13. The third-order valence-corrected chi connectivity index (χ3v) is 4.13. The first-order valence-electron chi connectivity index (χ1n) is 6.42. The number of nitrogens with one attached hydrogen (secondary N) is 1. The molecule has 1 N–H and O–H groups in total. The normalized spacial score (nSPS) is 44.2. The highest BCUT2D eigenvalue weighted by molar-refractivity contribution is 4.99. The summed E-state index contributed by atoms with van der Waals surface area (Å²) in [5, 5.41) is 3.62. The van der Waals surface area contributed by atoms with Crippen molar-refractivity contribution in [3.8, 4) is 0 Å². The first-order chi connectivity index (χ1) is 7.89. The highest BCUT2D eigenvalue weighted by Crippen LogP contribution is 2.33. The molecule has 3 fully saturated rings. The van der Waals surface area contributed by atoms with Gasteiger partial charge in [0, 0.05) is 38.8 Å². The molecule has 0 aromatic heterocycles. The molecule has 3 aliphatic heterocycles. The van der Waals surface area contributed by atoms with E-state index in [9.17, 15) is 0 Å². The summed E-state index contributed by atoms with van der Waals surface area (Å²) in [4.78, 5) is 0. The summed E-state index contributed by atoms with van der Waals surface area (Å²) in [6.45, 7) is 5.26. The summed E-state index contributed by atoms with van der Waals surface area (Å²) in [7, 11) is 0. The van der Waals surface area contributed by atoms with E-state index in [1.807, 2.05) is 0 Å². The summed E-state index contributed by atoms with van der Waals surface area (Å²) in [6.07, 6.45) is 3.41. The van der Waals surface area contributed by atoms with E-state index in [4.69, 9.17) is 14.2 Å². The molecule has 16 heavy (non-hydrogen) atoms. The molecule has 0 aromatic carbocycles. The van der Waals surface area contributed by atoms with Crippen LogP contribution >= 0.6 is 0 Å². The molecule has 3 heterocycles. The quantitative estimate of drug-likeness (QED) is 0.748. The van der Waals surface area contributed by atoms with Gasteiger partial charge in [0.05, 0.1) is 13.2 Å². The van der Waals surface area contributed by atoms with Crippen LogP contribution in [0.1, 0.15) is 19.3 Å². The Hall–Kier alpha value is -0.160. The lowest BCUT2D eigenvalue weighted by atomic mass is 9.84. The third kappa shape index (κ3) is 1.99. The minimum absolute atomic E-state index is 0.0408. The van der Waals surface area contributed by atoms with Crippen LogP contribution in [0.3, 0.4) is 0 Å². The van der Waals surface area contributed by atoms with Crippen LogP contribution in [-0.4, -0.2) is 51.2 Å². The number of ether oxygens (including phenoxy) is 3. The Balaban J connectivity index is 1.65. The molecule has 4 nitrogen and oxygen atoms in total. The van der Waals surface area contributed by atoms with E-state index in [0.717, 1.165) is 46.0 Å². The monoisotopic (exact) mass is 227 g/mol. The number of rotatable bonds is 2. The van der Waals surface area contributed by atoms with Crippen molar-refractivity contribution in [1.29, 1.82) is 0 Å². The second-order valence-electron chi connectivity index (χ2n) is 5.19. The zero-order valence-corrected chi connectivity index (χ0v) is 9.74. The maximum absolute atomic E-state index is 6.02. The number of hydrogen-bond donors (Lipinski definition) is 1. The van der Waals surface area contributed by atoms with E-state index in [1.54, 1.807) is 0 Å². The number of hydrogen-bond acceptors (Lipinski definition) is 4. The number of morpholine rings is 1. The Kier molecular flexibility index (Phi) is 3.16. The average molecular weight is 227 g/mol. The molecule has 3 rings (SSSR count). The summed E-state index contributed by atoms with van der Waals surface area (Å²) < 4.78 is 17.0. The first kappa shape index (κ1) is 11.0. The molecule has 92 valence electrons. The van der Waals surface area contributed by atoms with Gasteiger partial charge in [0.2, 0.25) is 0 Å². The standard InChI is InChI=1S/C12H21NO3/c1-4-14-8-10(1)7-11-12(2-5-15-9-12)16-6-3-13-11/h10-11,13H,1-9H2. The Bertz CT molecular complexity index is 234. The Morgan fingerprint density at radius 2 is 2.19 bits per heavy atom. The smallest absolute Gasteiger partial charge is 0.109 e. The fourth-order valence-corrected chi connectivity index (χ4v) is 3.13. The zero-order chi connectivity index (χ0) is 10.8.